The maximum Gasteiger partial charge on any atom is 0.322 e. The van der Waals surface area contributed by atoms with E-state index in [-0.39, 0.29) is 6.03 Å². The number of methoxy groups -OCH3 is 2. The van der Waals surface area contributed by atoms with Gasteiger partial charge in [0.2, 0.25) is 0 Å². The number of carbonyl (C=O) groups is 1. The Bertz CT molecular complexity index is 862. The number of hydrogen-bond donors (Lipinski definition) is 2. The van der Waals surface area contributed by atoms with Crippen LogP contribution in [-0.4, -0.2) is 75.9 Å². The molecule has 2 aromatic rings. The molecule has 1 aliphatic heterocycles. The zero-order chi connectivity index (χ0) is 22.8. The molecule has 1 heterocycles. The molecule has 0 aromatic heterocycles. The third-order valence-electron chi connectivity index (χ3n) is 5.53. The van der Waals surface area contributed by atoms with Gasteiger partial charge < -0.3 is 25.0 Å². The number of ether oxygens (including phenoxy) is 2. The Kier molecular flexibility index (Phi) is 8.95. The normalized spacial score (nSPS) is 13.9. The van der Waals surface area contributed by atoms with Gasteiger partial charge in [-0.3, -0.25) is 4.90 Å². The summed E-state index contributed by atoms with van der Waals surface area (Å²) >= 11 is 0. The number of anilines is 1. The number of piperazine rings is 1. The van der Waals surface area contributed by atoms with Gasteiger partial charge in [-0.05, 0) is 54.0 Å². The highest BCUT2D eigenvalue weighted by atomic mass is 16.5. The summed E-state index contributed by atoms with van der Waals surface area (Å²) in [6.45, 7) is 10.2. The Morgan fingerprint density at radius 3 is 2.22 bits per heavy atom. The first-order valence-corrected chi connectivity index (χ1v) is 11.0. The minimum absolute atomic E-state index is 0.134. The van der Waals surface area contributed by atoms with Crippen molar-refractivity contribution in [3.63, 3.8) is 0 Å². The number of hydrogen-bond acceptors (Lipinski definition) is 5. The number of urea groups is 1. The molecule has 0 radical (unpaired) electrons. The van der Waals surface area contributed by atoms with Crippen LogP contribution in [0.25, 0.3) is 0 Å². The molecule has 2 amide bonds. The minimum Gasteiger partial charge on any atom is -0.497 e. The Morgan fingerprint density at radius 2 is 1.62 bits per heavy atom. The largest absolute Gasteiger partial charge is 0.497 e. The summed E-state index contributed by atoms with van der Waals surface area (Å²) in [5.41, 5.74) is 2.92. The van der Waals surface area contributed by atoms with Crippen molar-refractivity contribution in [1.29, 1.82) is 0 Å². The standard InChI is InChI=1S/C25H34N4O3/c1-20(18-28-16-13-26-14-17-28)19-29(15-12-21-4-8-23(31-2)9-5-21)25(30)27-22-6-10-24(32-3)11-7-22/h4-11,26H,1,12-19H2,2-3H3,(H,27,30). The van der Waals surface area contributed by atoms with Gasteiger partial charge in [-0.15, -0.1) is 0 Å². The molecule has 0 saturated carbocycles. The van der Waals surface area contributed by atoms with Crippen LogP contribution < -0.4 is 20.1 Å². The van der Waals surface area contributed by atoms with Crippen LogP contribution in [0.1, 0.15) is 5.56 Å². The molecule has 0 aliphatic carbocycles. The molecule has 0 unspecified atom stereocenters. The van der Waals surface area contributed by atoms with Crippen LogP contribution in [0.3, 0.4) is 0 Å². The van der Waals surface area contributed by atoms with Crippen LogP contribution in [-0.2, 0) is 6.42 Å². The smallest absolute Gasteiger partial charge is 0.322 e. The van der Waals surface area contributed by atoms with Gasteiger partial charge in [0.15, 0.2) is 0 Å². The predicted octanol–water partition coefficient (Wildman–Crippen LogP) is 3.24. The van der Waals surface area contributed by atoms with Crippen molar-refractivity contribution in [1.82, 2.24) is 15.1 Å². The molecule has 0 atom stereocenters. The number of amides is 2. The molecule has 0 bridgehead atoms. The van der Waals surface area contributed by atoms with Crippen molar-refractivity contribution >= 4 is 11.7 Å². The lowest BCUT2D eigenvalue weighted by Crippen LogP contribution is -2.45. The molecule has 7 heteroatoms. The van der Waals surface area contributed by atoms with Crippen LogP contribution in [0.15, 0.2) is 60.7 Å². The van der Waals surface area contributed by atoms with Crippen LogP contribution in [0.4, 0.5) is 10.5 Å². The van der Waals surface area contributed by atoms with Crippen molar-refractivity contribution in [2.24, 2.45) is 0 Å². The first kappa shape index (κ1) is 23.6. The van der Waals surface area contributed by atoms with Gasteiger partial charge in [-0.2, -0.15) is 0 Å². The summed E-state index contributed by atoms with van der Waals surface area (Å²) in [5, 5.41) is 6.37. The number of nitrogens with zero attached hydrogens (tertiary/aromatic N) is 2. The van der Waals surface area contributed by atoms with Crippen molar-refractivity contribution in [2.45, 2.75) is 6.42 Å². The van der Waals surface area contributed by atoms with E-state index in [1.165, 1.54) is 0 Å². The fourth-order valence-electron chi connectivity index (χ4n) is 3.69. The molecule has 3 rings (SSSR count). The Hall–Kier alpha value is -3.03. The molecule has 2 aromatic carbocycles. The van der Waals surface area contributed by atoms with Gasteiger partial charge in [-0.25, -0.2) is 4.79 Å². The zero-order valence-corrected chi connectivity index (χ0v) is 19.1. The van der Waals surface area contributed by atoms with Crippen molar-refractivity contribution in [3.05, 3.63) is 66.2 Å². The SMILES string of the molecule is C=C(CN1CCNCC1)CN(CCc1ccc(OC)cc1)C(=O)Nc1ccc(OC)cc1. The van der Waals surface area contributed by atoms with E-state index in [0.717, 1.165) is 67.5 Å². The van der Waals surface area contributed by atoms with E-state index in [0.29, 0.717) is 13.1 Å². The summed E-state index contributed by atoms with van der Waals surface area (Å²) < 4.78 is 10.4. The van der Waals surface area contributed by atoms with E-state index in [4.69, 9.17) is 9.47 Å². The number of benzene rings is 2. The predicted molar refractivity (Wildman–Crippen MR) is 129 cm³/mol. The Morgan fingerprint density at radius 1 is 1.03 bits per heavy atom. The van der Waals surface area contributed by atoms with Gasteiger partial charge in [0, 0.05) is 51.5 Å². The maximum absolute atomic E-state index is 13.1. The monoisotopic (exact) mass is 438 g/mol. The van der Waals surface area contributed by atoms with E-state index in [1.54, 1.807) is 14.2 Å². The third-order valence-corrected chi connectivity index (χ3v) is 5.53. The average molecular weight is 439 g/mol. The first-order chi connectivity index (χ1) is 15.6. The summed E-state index contributed by atoms with van der Waals surface area (Å²) in [4.78, 5) is 17.3. The van der Waals surface area contributed by atoms with E-state index >= 15 is 0 Å². The number of nitrogens with one attached hydrogen (secondary N) is 2. The molecule has 32 heavy (non-hydrogen) atoms. The van der Waals surface area contributed by atoms with Crippen molar-refractivity contribution in [3.8, 4) is 11.5 Å². The zero-order valence-electron chi connectivity index (χ0n) is 19.1. The third kappa shape index (κ3) is 7.28. The Labute approximate surface area is 191 Å². The van der Waals surface area contributed by atoms with E-state index in [1.807, 2.05) is 53.4 Å². The first-order valence-electron chi connectivity index (χ1n) is 11.0. The highest BCUT2D eigenvalue weighted by Gasteiger charge is 2.17. The molecule has 0 spiro atoms. The topological polar surface area (TPSA) is 66.1 Å². The van der Waals surface area contributed by atoms with Crippen molar-refractivity contribution < 1.29 is 14.3 Å². The molecular formula is C25H34N4O3. The molecule has 7 nitrogen and oxygen atoms in total. The molecule has 1 saturated heterocycles. The number of rotatable bonds is 10. The van der Waals surface area contributed by atoms with Gasteiger partial charge in [-0.1, -0.05) is 18.7 Å². The van der Waals surface area contributed by atoms with Gasteiger partial charge in [0.1, 0.15) is 11.5 Å². The molecule has 172 valence electrons. The van der Waals surface area contributed by atoms with E-state index < -0.39 is 0 Å². The summed E-state index contributed by atoms with van der Waals surface area (Å²) in [6, 6.07) is 15.2. The van der Waals surface area contributed by atoms with Gasteiger partial charge in [0.25, 0.3) is 0 Å². The second-order valence-corrected chi connectivity index (χ2v) is 7.95. The minimum atomic E-state index is -0.134. The fraction of sp³-hybridized carbons (Fsp3) is 0.400. The molecule has 2 N–H and O–H groups in total. The van der Waals surface area contributed by atoms with Crippen molar-refractivity contribution in [2.75, 3.05) is 65.3 Å². The van der Waals surface area contributed by atoms with Crippen LogP contribution in [0.2, 0.25) is 0 Å². The lowest BCUT2D eigenvalue weighted by atomic mass is 10.1. The second kappa shape index (κ2) is 12.1. The molecular weight excluding hydrogens is 404 g/mol. The highest BCUT2D eigenvalue weighted by Crippen LogP contribution is 2.17. The average Bonchev–Trinajstić information content (AvgIpc) is 2.83. The van der Waals surface area contributed by atoms with E-state index in [2.05, 4.69) is 22.1 Å². The van der Waals surface area contributed by atoms with E-state index in [9.17, 15) is 4.79 Å². The highest BCUT2D eigenvalue weighted by molar-refractivity contribution is 5.89. The lowest BCUT2D eigenvalue weighted by Gasteiger charge is -2.30. The second-order valence-electron chi connectivity index (χ2n) is 7.95. The Balaban J connectivity index is 1.63. The summed E-state index contributed by atoms with van der Waals surface area (Å²) in [6.07, 6.45) is 0.751. The molecule has 1 fully saturated rings. The van der Waals surface area contributed by atoms with Gasteiger partial charge in [0.05, 0.1) is 14.2 Å². The summed E-state index contributed by atoms with van der Waals surface area (Å²) in [7, 11) is 3.28. The quantitative estimate of drug-likeness (QED) is 0.558. The van der Waals surface area contributed by atoms with Crippen LogP contribution in [0, 0.1) is 0 Å². The number of carbonyl (C=O) groups excluding carboxylic acids is 1. The van der Waals surface area contributed by atoms with Crippen LogP contribution in [0.5, 0.6) is 11.5 Å². The maximum atomic E-state index is 13.1. The van der Waals surface area contributed by atoms with Crippen LogP contribution >= 0.6 is 0 Å². The summed E-state index contributed by atoms with van der Waals surface area (Å²) in [5.74, 6) is 1.58. The van der Waals surface area contributed by atoms with Gasteiger partial charge >= 0.3 is 6.03 Å². The fourth-order valence-corrected chi connectivity index (χ4v) is 3.69. The lowest BCUT2D eigenvalue weighted by molar-refractivity contribution is 0.212. The molecule has 1 aliphatic rings.